The first-order chi connectivity index (χ1) is 14.2. The van der Waals surface area contributed by atoms with Crippen molar-refractivity contribution in [2.24, 2.45) is 11.7 Å². The second kappa shape index (κ2) is 12.6. The number of amides is 3. The minimum atomic E-state index is -1.04. The number of rotatable bonds is 12. The summed E-state index contributed by atoms with van der Waals surface area (Å²) >= 11 is 0. The van der Waals surface area contributed by atoms with Gasteiger partial charge >= 0.3 is 0 Å². The summed E-state index contributed by atoms with van der Waals surface area (Å²) in [7, 11) is 0. The molecule has 0 spiro atoms. The first-order valence-corrected chi connectivity index (χ1v) is 9.68. The van der Waals surface area contributed by atoms with E-state index in [-0.39, 0.29) is 18.1 Å². The van der Waals surface area contributed by atoms with Crippen LogP contribution in [0, 0.1) is 5.92 Å². The van der Waals surface area contributed by atoms with E-state index in [1.165, 1.54) is 12.1 Å². The van der Waals surface area contributed by atoms with Gasteiger partial charge in [0.05, 0.1) is 19.2 Å². The maximum absolute atomic E-state index is 12.5. The van der Waals surface area contributed by atoms with Crippen LogP contribution in [0.2, 0.25) is 0 Å². The number of aliphatic hydroxyl groups is 1. The lowest BCUT2D eigenvalue weighted by molar-refractivity contribution is -0.132. The number of aliphatic hydroxyl groups excluding tert-OH is 1. The number of hydrogen-bond acceptors (Lipinski definition) is 7. The molecule has 7 N–H and O–H groups in total. The highest BCUT2D eigenvalue weighted by molar-refractivity contribution is 5.92. The van der Waals surface area contributed by atoms with Gasteiger partial charge in [-0.15, -0.1) is 0 Å². The third-order valence-corrected chi connectivity index (χ3v) is 4.65. The van der Waals surface area contributed by atoms with E-state index in [0.29, 0.717) is 12.7 Å². The van der Waals surface area contributed by atoms with Gasteiger partial charge in [0.25, 0.3) is 0 Å². The summed E-state index contributed by atoms with van der Waals surface area (Å²) in [4.78, 5) is 47.5. The molecule has 1 aromatic carbocycles. The molecule has 0 fully saturated rings. The van der Waals surface area contributed by atoms with Gasteiger partial charge in [-0.05, 0) is 30.0 Å². The lowest BCUT2D eigenvalue weighted by Crippen LogP contribution is -2.55. The Labute approximate surface area is 175 Å². The van der Waals surface area contributed by atoms with Crippen molar-refractivity contribution in [3.8, 4) is 5.75 Å². The van der Waals surface area contributed by atoms with Gasteiger partial charge in [-0.3, -0.25) is 14.4 Å². The minimum absolute atomic E-state index is 0.104. The summed E-state index contributed by atoms with van der Waals surface area (Å²) in [5.74, 6) is -1.84. The van der Waals surface area contributed by atoms with Gasteiger partial charge in [0.15, 0.2) is 0 Å². The van der Waals surface area contributed by atoms with E-state index in [4.69, 9.17) is 10.8 Å². The molecule has 30 heavy (non-hydrogen) atoms. The first kappa shape index (κ1) is 25.1. The van der Waals surface area contributed by atoms with Crippen LogP contribution in [0.3, 0.4) is 0 Å². The number of nitrogens with one attached hydrogen (secondary N) is 3. The van der Waals surface area contributed by atoms with Crippen molar-refractivity contribution in [2.45, 2.75) is 44.8 Å². The molecule has 0 aliphatic rings. The van der Waals surface area contributed by atoms with E-state index in [2.05, 4.69) is 16.0 Å². The monoisotopic (exact) mass is 422 g/mol. The van der Waals surface area contributed by atoms with E-state index >= 15 is 0 Å². The van der Waals surface area contributed by atoms with Gasteiger partial charge in [0.1, 0.15) is 24.1 Å². The first-order valence-electron chi connectivity index (χ1n) is 9.68. The fraction of sp³-hybridized carbons (Fsp3) is 0.500. The maximum Gasteiger partial charge on any atom is 0.243 e. The van der Waals surface area contributed by atoms with E-state index in [1.807, 2.05) is 6.92 Å². The Morgan fingerprint density at radius 1 is 1.13 bits per heavy atom. The fourth-order valence-electron chi connectivity index (χ4n) is 2.60. The van der Waals surface area contributed by atoms with E-state index in [1.54, 1.807) is 19.1 Å². The lowest BCUT2D eigenvalue weighted by atomic mass is 9.97. The van der Waals surface area contributed by atoms with Crippen LogP contribution < -0.4 is 21.7 Å². The van der Waals surface area contributed by atoms with Crippen LogP contribution in [0.1, 0.15) is 25.8 Å². The van der Waals surface area contributed by atoms with Crippen molar-refractivity contribution in [3.63, 3.8) is 0 Å². The summed E-state index contributed by atoms with van der Waals surface area (Å²) in [6, 6.07) is 3.43. The molecule has 0 bridgehead atoms. The van der Waals surface area contributed by atoms with Crippen LogP contribution in [0.4, 0.5) is 0 Å². The molecule has 0 aromatic heterocycles. The smallest absolute Gasteiger partial charge is 0.243 e. The topological polar surface area (TPSA) is 171 Å². The molecule has 3 amide bonds. The number of aldehydes is 1. The number of phenolic OH excluding ortho intramolecular Hbond substituents is 1. The molecule has 1 aromatic rings. The Hall–Kier alpha value is -2.98. The predicted molar refractivity (Wildman–Crippen MR) is 109 cm³/mol. The van der Waals surface area contributed by atoms with Gasteiger partial charge in [-0.25, -0.2) is 0 Å². The van der Waals surface area contributed by atoms with Gasteiger partial charge in [-0.1, -0.05) is 32.4 Å². The van der Waals surface area contributed by atoms with Crippen molar-refractivity contribution in [3.05, 3.63) is 29.8 Å². The second-order valence-corrected chi connectivity index (χ2v) is 7.06. The van der Waals surface area contributed by atoms with Crippen LogP contribution in [0.5, 0.6) is 5.75 Å². The third-order valence-electron chi connectivity index (χ3n) is 4.65. The Kier molecular flexibility index (Phi) is 10.5. The van der Waals surface area contributed by atoms with Gasteiger partial charge in [0, 0.05) is 0 Å². The molecule has 0 unspecified atom stereocenters. The zero-order valence-corrected chi connectivity index (χ0v) is 17.1. The van der Waals surface area contributed by atoms with Gasteiger partial charge in [0.2, 0.25) is 17.7 Å². The molecule has 0 aliphatic heterocycles. The normalized spacial score (nSPS) is 14.7. The van der Waals surface area contributed by atoms with Crippen molar-refractivity contribution < 1.29 is 29.4 Å². The quantitative estimate of drug-likeness (QED) is 0.225. The Bertz CT molecular complexity index is 725. The number of carbonyl (C=O) groups is 4. The second-order valence-electron chi connectivity index (χ2n) is 7.06. The number of nitrogens with two attached hydrogens (primary N) is 1. The molecular weight excluding hydrogens is 392 g/mol. The Morgan fingerprint density at radius 2 is 1.77 bits per heavy atom. The van der Waals surface area contributed by atoms with E-state index in [0.717, 1.165) is 5.56 Å². The predicted octanol–water partition coefficient (Wildman–Crippen LogP) is -1.41. The highest BCUT2D eigenvalue weighted by Crippen LogP contribution is 2.12. The fourth-order valence-corrected chi connectivity index (χ4v) is 2.60. The highest BCUT2D eigenvalue weighted by Gasteiger charge is 2.28. The summed E-state index contributed by atoms with van der Waals surface area (Å²) in [5.41, 5.74) is 6.71. The molecule has 1 rings (SSSR count). The van der Waals surface area contributed by atoms with Crippen LogP contribution in [-0.2, 0) is 25.6 Å². The minimum Gasteiger partial charge on any atom is -0.508 e. The molecule has 10 nitrogen and oxygen atoms in total. The van der Waals surface area contributed by atoms with E-state index in [9.17, 15) is 24.3 Å². The zero-order valence-electron chi connectivity index (χ0n) is 17.1. The SMILES string of the molecule is CC[C@H](C)[C@H](NC(=O)[C@@H](N)Cc1ccc(O)cc1)C(=O)NCC(=O)N[C@H](C=O)CO. The third kappa shape index (κ3) is 8.18. The van der Waals surface area contributed by atoms with Crippen LogP contribution in [0.15, 0.2) is 24.3 Å². The summed E-state index contributed by atoms with van der Waals surface area (Å²) in [6.07, 6.45) is 1.20. The summed E-state index contributed by atoms with van der Waals surface area (Å²) in [5, 5.41) is 25.5. The molecule has 0 saturated heterocycles. The molecule has 166 valence electrons. The summed E-state index contributed by atoms with van der Waals surface area (Å²) in [6.45, 7) is 2.68. The van der Waals surface area contributed by atoms with Crippen LogP contribution in [-0.4, -0.2) is 65.5 Å². The largest absolute Gasteiger partial charge is 0.508 e. The average molecular weight is 422 g/mol. The van der Waals surface area contributed by atoms with Crippen molar-refractivity contribution >= 4 is 24.0 Å². The molecule has 0 aliphatic carbocycles. The summed E-state index contributed by atoms with van der Waals surface area (Å²) < 4.78 is 0. The number of hydrogen-bond donors (Lipinski definition) is 6. The number of aromatic hydroxyl groups is 1. The number of phenols is 1. The molecular formula is C20H30N4O6. The number of carbonyl (C=O) groups excluding carboxylic acids is 4. The van der Waals surface area contributed by atoms with Crippen molar-refractivity contribution in [1.29, 1.82) is 0 Å². The molecule has 0 saturated carbocycles. The average Bonchev–Trinajstić information content (AvgIpc) is 2.74. The standard InChI is InChI=1S/C20H30N4O6/c1-3-12(2)18(20(30)22-9-17(28)23-14(10-25)11-26)24-19(29)16(21)8-13-4-6-15(27)7-5-13/h4-7,10,12,14,16,18,26-27H,3,8-9,11,21H2,1-2H3,(H,22,30)(H,23,28)(H,24,29)/t12-,14+,16-,18-/m0/s1. The molecule has 0 radical (unpaired) electrons. The van der Waals surface area contributed by atoms with E-state index < -0.39 is 49.0 Å². The maximum atomic E-state index is 12.5. The Balaban J connectivity index is 2.67. The van der Waals surface area contributed by atoms with Crippen LogP contribution >= 0.6 is 0 Å². The lowest BCUT2D eigenvalue weighted by Gasteiger charge is -2.25. The van der Waals surface area contributed by atoms with Crippen molar-refractivity contribution in [2.75, 3.05) is 13.2 Å². The van der Waals surface area contributed by atoms with Crippen molar-refractivity contribution in [1.82, 2.24) is 16.0 Å². The van der Waals surface area contributed by atoms with Gasteiger partial charge < -0.3 is 36.7 Å². The highest BCUT2D eigenvalue weighted by atomic mass is 16.3. The molecule has 4 atom stereocenters. The zero-order chi connectivity index (χ0) is 22.7. The van der Waals surface area contributed by atoms with Gasteiger partial charge in [-0.2, -0.15) is 0 Å². The van der Waals surface area contributed by atoms with Crippen LogP contribution in [0.25, 0.3) is 0 Å². The molecule has 10 heteroatoms. The number of benzene rings is 1. The molecule has 0 heterocycles. The Morgan fingerprint density at radius 3 is 2.30 bits per heavy atom.